The van der Waals surface area contributed by atoms with E-state index < -0.39 is 5.97 Å². The van der Waals surface area contributed by atoms with Crippen LogP contribution in [0.15, 0.2) is 0 Å². The van der Waals surface area contributed by atoms with E-state index in [2.05, 4.69) is 5.32 Å². The molecule has 1 aliphatic heterocycles. The van der Waals surface area contributed by atoms with Crippen LogP contribution in [0.4, 0.5) is 0 Å². The molecule has 2 fully saturated rings. The number of hydrogen-bond acceptors (Lipinski definition) is 2. The van der Waals surface area contributed by atoms with Crippen LogP contribution in [-0.4, -0.2) is 23.2 Å². The van der Waals surface area contributed by atoms with Crippen molar-refractivity contribution in [3.8, 4) is 0 Å². The molecular formula is C10H17NO2. The predicted molar refractivity (Wildman–Crippen MR) is 49.6 cm³/mol. The van der Waals surface area contributed by atoms with E-state index in [1.54, 1.807) is 0 Å². The van der Waals surface area contributed by atoms with Crippen molar-refractivity contribution >= 4 is 5.97 Å². The predicted octanol–water partition coefficient (Wildman–Crippen LogP) is 1.38. The van der Waals surface area contributed by atoms with E-state index in [-0.39, 0.29) is 11.5 Å². The molecule has 1 saturated heterocycles. The summed E-state index contributed by atoms with van der Waals surface area (Å²) in [5, 5.41) is 12.5. The molecule has 0 amide bonds. The molecule has 2 N–H and O–H groups in total. The highest BCUT2D eigenvalue weighted by Crippen LogP contribution is 2.39. The molecule has 0 aromatic carbocycles. The van der Waals surface area contributed by atoms with Gasteiger partial charge in [0.05, 0.1) is 5.92 Å². The average Bonchev–Trinajstić information content (AvgIpc) is 2.50. The molecule has 3 heteroatoms. The van der Waals surface area contributed by atoms with Gasteiger partial charge in [0.1, 0.15) is 0 Å². The van der Waals surface area contributed by atoms with Crippen LogP contribution in [0.1, 0.15) is 38.5 Å². The van der Waals surface area contributed by atoms with Crippen molar-refractivity contribution in [1.29, 1.82) is 0 Å². The van der Waals surface area contributed by atoms with Gasteiger partial charge in [0, 0.05) is 5.54 Å². The Labute approximate surface area is 78.5 Å². The van der Waals surface area contributed by atoms with Gasteiger partial charge in [0.2, 0.25) is 0 Å². The van der Waals surface area contributed by atoms with E-state index in [0.717, 1.165) is 25.8 Å². The zero-order chi connectivity index (χ0) is 9.31. The van der Waals surface area contributed by atoms with Crippen LogP contribution in [0.5, 0.6) is 0 Å². The Morgan fingerprint density at radius 1 is 1.31 bits per heavy atom. The lowest BCUT2D eigenvalue weighted by atomic mass is 9.74. The SMILES string of the molecule is O=C(O)C1CCNC12CCCCC2. The van der Waals surface area contributed by atoms with E-state index in [1.165, 1.54) is 19.3 Å². The Kier molecular flexibility index (Phi) is 2.28. The summed E-state index contributed by atoms with van der Waals surface area (Å²) in [5.74, 6) is -0.736. The average molecular weight is 183 g/mol. The Bertz CT molecular complexity index is 209. The molecular weight excluding hydrogens is 166 g/mol. The maximum Gasteiger partial charge on any atom is 0.308 e. The molecule has 0 radical (unpaired) electrons. The van der Waals surface area contributed by atoms with Crippen molar-refractivity contribution in [3.05, 3.63) is 0 Å². The maximum atomic E-state index is 11.0. The van der Waals surface area contributed by atoms with Crippen LogP contribution in [0.25, 0.3) is 0 Å². The second-order valence-corrected chi connectivity index (χ2v) is 4.32. The number of rotatable bonds is 1. The minimum Gasteiger partial charge on any atom is -0.481 e. The summed E-state index contributed by atoms with van der Waals surface area (Å²) in [6, 6.07) is 0. The zero-order valence-electron chi connectivity index (χ0n) is 7.88. The molecule has 3 nitrogen and oxygen atoms in total. The third-order valence-corrected chi connectivity index (χ3v) is 3.62. The lowest BCUT2D eigenvalue weighted by Crippen LogP contribution is -2.48. The lowest BCUT2D eigenvalue weighted by molar-refractivity contribution is -0.144. The molecule has 1 aliphatic carbocycles. The van der Waals surface area contributed by atoms with Crippen LogP contribution >= 0.6 is 0 Å². The van der Waals surface area contributed by atoms with Crippen LogP contribution in [0.3, 0.4) is 0 Å². The number of nitrogens with one attached hydrogen (secondary N) is 1. The summed E-state index contributed by atoms with van der Waals surface area (Å²) in [4.78, 5) is 11.0. The Balaban J connectivity index is 2.13. The topological polar surface area (TPSA) is 49.3 Å². The highest BCUT2D eigenvalue weighted by atomic mass is 16.4. The minimum absolute atomic E-state index is 0.0376. The fourth-order valence-electron chi connectivity index (χ4n) is 2.93. The zero-order valence-corrected chi connectivity index (χ0v) is 7.88. The molecule has 2 rings (SSSR count). The molecule has 1 spiro atoms. The van der Waals surface area contributed by atoms with Crippen LogP contribution < -0.4 is 5.32 Å². The largest absolute Gasteiger partial charge is 0.481 e. The molecule has 0 bridgehead atoms. The summed E-state index contributed by atoms with van der Waals surface area (Å²) in [6.45, 7) is 0.886. The quantitative estimate of drug-likeness (QED) is 0.645. The van der Waals surface area contributed by atoms with E-state index in [4.69, 9.17) is 5.11 Å². The van der Waals surface area contributed by atoms with Crippen molar-refractivity contribution in [3.63, 3.8) is 0 Å². The van der Waals surface area contributed by atoms with Gasteiger partial charge in [-0.3, -0.25) is 4.79 Å². The Morgan fingerprint density at radius 2 is 2.00 bits per heavy atom. The van der Waals surface area contributed by atoms with Gasteiger partial charge in [-0.2, -0.15) is 0 Å². The maximum absolute atomic E-state index is 11.0. The molecule has 2 aliphatic rings. The minimum atomic E-state index is -0.605. The standard InChI is InChI=1S/C10H17NO2/c12-9(13)8-4-7-11-10(8)5-2-1-3-6-10/h8,11H,1-7H2,(H,12,13). The Hall–Kier alpha value is -0.570. The van der Waals surface area contributed by atoms with Crippen molar-refractivity contribution < 1.29 is 9.90 Å². The lowest BCUT2D eigenvalue weighted by Gasteiger charge is -2.37. The van der Waals surface area contributed by atoms with Gasteiger partial charge in [-0.15, -0.1) is 0 Å². The van der Waals surface area contributed by atoms with E-state index in [1.807, 2.05) is 0 Å². The monoisotopic (exact) mass is 183 g/mol. The van der Waals surface area contributed by atoms with Crippen LogP contribution in [0.2, 0.25) is 0 Å². The first-order valence-corrected chi connectivity index (χ1v) is 5.22. The molecule has 13 heavy (non-hydrogen) atoms. The van der Waals surface area contributed by atoms with Gasteiger partial charge in [0.25, 0.3) is 0 Å². The van der Waals surface area contributed by atoms with Crippen molar-refractivity contribution in [2.75, 3.05) is 6.54 Å². The van der Waals surface area contributed by atoms with Crippen molar-refractivity contribution in [1.82, 2.24) is 5.32 Å². The number of hydrogen-bond donors (Lipinski definition) is 2. The fourth-order valence-corrected chi connectivity index (χ4v) is 2.93. The van der Waals surface area contributed by atoms with E-state index in [9.17, 15) is 4.79 Å². The van der Waals surface area contributed by atoms with Gasteiger partial charge in [-0.25, -0.2) is 0 Å². The number of carboxylic acid groups (broad SMARTS) is 1. The van der Waals surface area contributed by atoms with E-state index >= 15 is 0 Å². The van der Waals surface area contributed by atoms with Gasteiger partial charge >= 0.3 is 5.97 Å². The summed E-state index contributed by atoms with van der Waals surface area (Å²) < 4.78 is 0. The summed E-state index contributed by atoms with van der Waals surface area (Å²) in [7, 11) is 0. The number of aliphatic carboxylic acids is 1. The third kappa shape index (κ3) is 1.46. The second kappa shape index (κ2) is 3.29. The molecule has 1 unspecified atom stereocenters. The smallest absolute Gasteiger partial charge is 0.308 e. The third-order valence-electron chi connectivity index (χ3n) is 3.62. The summed E-state index contributed by atoms with van der Waals surface area (Å²) in [6.07, 6.45) is 6.59. The number of carbonyl (C=O) groups is 1. The first-order chi connectivity index (χ1) is 6.25. The first-order valence-electron chi connectivity index (χ1n) is 5.22. The van der Waals surface area contributed by atoms with Gasteiger partial charge in [-0.05, 0) is 25.8 Å². The van der Waals surface area contributed by atoms with Crippen molar-refractivity contribution in [2.45, 2.75) is 44.1 Å². The summed E-state index contributed by atoms with van der Waals surface area (Å²) in [5.41, 5.74) is -0.0376. The van der Waals surface area contributed by atoms with Crippen LogP contribution in [-0.2, 0) is 4.79 Å². The van der Waals surface area contributed by atoms with E-state index in [0.29, 0.717) is 0 Å². The summed E-state index contributed by atoms with van der Waals surface area (Å²) >= 11 is 0. The Morgan fingerprint density at radius 3 is 2.62 bits per heavy atom. The van der Waals surface area contributed by atoms with Crippen molar-refractivity contribution in [2.24, 2.45) is 5.92 Å². The second-order valence-electron chi connectivity index (χ2n) is 4.32. The highest BCUT2D eigenvalue weighted by Gasteiger charge is 2.46. The molecule has 1 heterocycles. The molecule has 0 aromatic heterocycles. The number of carboxylic acids is 1. The van der Waals surface area contributed by atoms with Gasteiger partial charge in [0.15, 0.2) is 0 Å². The first kappa shape index (κ1) is 9.00. The molecule has 0 aromatic rings. The van der Waals surface area contributed by atoms with Gasteiger partial charge in [-0.1, -0.05) is 19.3 Å². The molecule has 1 saturated carbocycles. The normalized spacial score (nSPS) is 32.2. The van der Waals surface area contributed by atoms with Gasteiger partial charge < -0.3 is 10.4 Å². The van der Waals surface area contributed by atoms with Crippen LogP contribution in [0, 0.1) is 5.92 Å². The molecule has 1 atom stereocenters. The fraction of sp³-hybridized carbons (Fsp3) is 0.900. The molecule has 74 valence electrons. The highest BCUT2D eigenvalue weighted by molar-refractivity contribution is 5.72.